The smallest absolute Gasteiger partial charge is 0.373 e. The number of carbonyl (C=O) groups excluding carboxylic acids is 2. The van der Waals surface area contributed by atoms with Crippen molar-refractivity contribution in [3.05, 3.63) is 95.6 Å². The summed E-state index contributed by atoms with van der Waals surface area (Å²) in [4.78, 5) is 26.4. The molecule has 2 fully saturated rings. The number of carbonyl (C=O) groups is 2. The lowest BCUT2D eigenvalue weighted by Crippen LogP contribution is -2.58. The standard InChI is InChI=1S/2C19H20F5N3O2.CH4/c2*1-11-10-26(17(28)18(2,29)19(22,23)24)8-6-13(11)15-5-7-25-27(15)16-4-3-12(20)9-14(16)21;/h2*3-5,7,9,11,13,29H,6,8,10H2,1-2H3;1H4/t11-,13+,18+;11-,13+,18-;/m01./s1. The number of hydrogen-bond donors (Lipinski definition) is 2. The predicted octanol–water partition coefficient (Wildman–Crippen LogP) is 7.47. The fourth-order valence-corrected chi connectivity index (χ4v) is 7.29. The van der Waals surface area contributed by atoms with Gasteiger partial charge in [0.2, 0.25) is 11.2 Å². The molecule has 2 aromatic carbocycles. The highest BCUT2D eigenvalue weighted by Gasteiger charge is 2.58. The van der Waals surface area contributed by atoms with Crippen molar-refractivity contribution in [2.75, 3.05) is 26.2 Å². The third-order valence-electron chi connectivity index (χ3n) is 10.7. The van der Waals surface area contributed by atoms with Crippen molar-refractivity contribution in [3.8, 4) is 11.4 Å². The zero-order chi connectivity index (χ0) is 43.1. The molecule has 0 radical (unpaired) electrons. The molecule has 6 rings (SSSR count). The monoisotopic (exact) mass is 850 g/mol. The summed E-state index contributed by atoms with van der Waals surface area (Å²) in [5.41, 5.74) is -5.60. The molecule has 6 atom stereocenters. The summed E-state index contributed by atoms with van der Waals surface area (Å²) < 4.78 is 135. The maximum absolute atomic E-state index is 14.2. The number of halogens is 10. The summed E-state index contributed by atoms with van der Waals surface area (Å²) in [6.07, 6.45) is -6.65. The second-order valence-electron chi connectivity index (χ2n) is 14.9. The number of amides is 2. The van der Waals surface area contributed by atoms with Crippen LogP contribution in [0.15, 0.2) is 60.9 Å². The van der Waals surface area contributed by atoms with E-state index in [1.54, 1.807) is 26.0 Å². The summed E-state index contributed by atoms with van der Waals surface area (Å²) in [7, 11) is 0. The number of likely N-dealkylation sites (tertiary alicyclic amines) is 2. The Labute approximate surface area is 333 Å². The number of hydrogen-bond acceptors (Lipinski definition) is 6. The van der Waals surface area contributed by atoms with Gasteiger partial charge in [-0.05, 0) is 74.9 Å². The van der Waals surface area contributed by atoms with E-state index in [-0.39, 0.29) is 68.7 Å². The highest BCUT2D eigenvalue weighted by Crippen LogP contribution is 2.39. The van der Waals surface area contributed by atoms with Crippen LogP contribution in [0.2, 0.25) is 0 Å². The molecule has 4 heterocycles. The minimum absolute atomic E-state index is 0. The minimum atomic E-state index is -5.08. The Bertz CT molecular complexity index is 1970. The van der Waals surface area contributed by atoms with Crippen LogP contribution in [0.25, 0.3) is 11.4 Å². The van der Waals surface area contributed by atoms with Crippen molar-refractivity contribution in [3.63, 3.8) is 0 Å². The van der Waals surface area contributed by atoms with Crippen molar-refractivity contribution >= 4 is 11.8 Å². The van der Waals surface area contributed by atoms with Gasteiger partial charge in [-0.2, -0.15) is 36.5 Å². The molecular weight excluding hydrogens is 806 g/mol. The van der Waals surface area contributed by atoms with E-state index in [2.05, 4.69) is 10.2 Å². The maximum Gasteiger partial charge on any atom is 0.426 e. The van der Waals surface area contributed by atoms with E-state index >= 15 is 0 Å². The first kappa shape index (κ1) is 46.7. The normalized spacial score (nSPS) is 22.0. The maximum atomic E-state index is 14.2. The second kappa shape index (κ2) is 17.3. The van der Waals surface area contributed by atoms with Crippen LogP contribution in [0, 0.1) is 35.1 Å². The molecule has 0 spiro atoms. The molecule has 2 amide bonds. The van der Waals surface area contributed by atoms with Gasteiger partial charge in [-0.3, -0.25) is 9.59 Å². The number of nitrogens with zero attached hydrogens (tertiary/aromatic N) is 6. The quantitative estimate of drug-likeness (QED) is 0.195. The second-order valence-corrected chi connectivity index (χ2v) is 14.9. The molecule has 2 N–H and O–H groups in total. The van der Waals surface area contributed by atoms with Gasteiger partial charge in [0.1, 0.15) is 23.0 Å². The molecule has 10 nitrogen and oxygen atoms in total. The molecule has 0 aliphatic carbocycles. The molecule has 2 aliphatic heterocycles. The molecular formula is C39H44F10N6O4. The Morgan fingerprint density at radius 3 is 1.25 bits per heavy atom. The van der Waals surface area contributed by atoms with Gasteiger partial charge in [0.25, 0.3) is 11.8 Å². The number of aromatic nitrogens is 4. The van der Waals surface area contributed by atoms with E-state index in [0.717, 1.165) is 34.1 Å². The molecule has 324 valence electrons. The van der Waals surface area contributed by atoms with Gasteiger partial charge in [-0.25, -0.2) is 26.9 Å². The Hall–Kier alpha value is -4.98. The summed E-state index contributed by atoms with van der Waals surface area (Å²) in [5.74, 6) is -6.83. The largest absolute Gasteiger partial charge is 0.426 e. The van der Waals surface area contributed by atoms with Crippen LogP contribution in [0.3, 0.4) is 0 Å². The topological polar surface area (TPSA) is 117 Å². The van der Waals surface area contributed by atoms with Crippen LogP contribution in [-0.4, -0.2) is 101 Å². The van der Waals surface area contributed by atoms with Crippen LogP contribution in [-0.2, 0) is 9.59 Å². The molecule has 2 saturated heterocycles. The number of aliphatic hydroxyl groups is 2. The Kier molecular flexibility index (Phi) is 13.7. The van der Waals surface area contributed by atoms with Gasteiger partial charge in [-0.15, -0.1) is 0 Å². The third kappa shape index (κ3) is 9.42. The number of alkyl halides is 6. The summed E-state index contributed by atoms with van der Waals surface area (Å²) in [5, 5.41) is 27.5. The van der Waals surface area contributed by atoms with Gasteiger partial charge < -0.3 is 20.0 Å². The third-order valence-corrected chi connectivity index (χ3v) is 10.7. The highest BCUT2D eigenvalue weighted by atomic mass is 19.4. The molecule has 20 heteroatoms. The van der Waals surface area contributed by atoms with E-state index in [1.807, 2.05) is 0 Å². The molecule has 0 saturated carbocycles. The van der Waals surface area contributed by atoms with Crippen LogP contribution in [0.5, 0.6) is 0 Å². The molecule has 2 aromatic heterocycles. The van der Waals surface area contributed by atoms with Gasteiger partial charge in [0, 0.05) is 73.9 Å². The number of piperidine rings is 2. The van der Waals surface area contributed by atoms with Crippen molar-refractivity contribution in [2.24, 2.45) is 11.8 Å². The Morgan fingerprint density at radius 1 is 0.627 bits per heavy atom. The van der Waals surface area contributed by atoms with E-state index < -0.39 is 58.6 Å². The zero-order valence-electron chi connectivity index (χ0n) is 31.5. The lowest BCUT2D eigenvalue weighted by molar-refractivity contribution is -0.251. The van der Waals surface area contributed by atoms with Crippen LogP contribution < -0.4 is 0 Å². The van der Waals surface area contributed by atoms with Gasteiger partial charge in [-0.1, -0.05) is 21.3 Å². The molecule has 0 unspecified atom stereocenters. The predicted molar refractivity (Wildman–Crippen MR) is 193 cm³/mol. The fraction of sp³-hybridized carbons (Fsp3) is 0.487. The first-order chi connectivity index (χ1) is 26.9. The highest BCUT2D eigenvalue weighted by molar-refractivity contribution is 5.86. The first-order valence-electron chi connectivity index (χ1n) is 18.0. The number of rotatable bonds is 6. The van der Waals surface area contributed by atoms with Crippen LogP contribution >= 0.6 is 0 Å². The average molecular weight is 851 g/mol. The van der Waals surface area contributed by atoms with Gasteiger partial charge in [0.05, 0.1) is 0 Å². The summed E-state index contributed by atoms with van der Waals surface area (Å²) in [6, 6.07) is 9.52. The van der Waals surface area contributed by atoms with E-state index in [4.69, 9.17) is 0 Å². The van der Waals surface area contributed by atoms with Crippen molar-refractivity contribution in [1.82, 2.24) is 29.4 Å². The summed E-state index contributed by atoms with van der Waals surface area (Å²) in [6.45, 7) is 4.38. The molecule has 4 aromatic rings. The minimum Gasteiger partial charge on any atom is -0.373 e. The Morgan fingerprint density at radius 2 is 0.966 bits per heavy atom. The average Bonchev–Trinajstić information content (AvgIpc) is 3.81. The van der Waals surface area contributed by atoms with Crippen LogP contribution in [0.1, 0.15) is 71.2 Å². The van der Waals surface area contributed by atoms with Crippen molar-refractivity contribution in [2.45, 2.75) is 83.4 Å². The summed E-state index contributed by atoms with van der Waals surface area (Å²) >= 11 is 0. The van der Waals surface area contributed by atoms with E-state index in [0.29, 0.717) is 38.1 Å². The SMILES string of the molecule is C.C[C@@H]1CN(C(=O)[C@@](C)(O)C(F)(F)F)CC[C@@H]1c1ccnn1-c1ccc(F)cc1F.C[C@H]1CN(C(=O)[C@@](C)(O)C(F)(F)F)CC[C@H]1c1ccnn1-c1ccc(F)cc1F. The lowest BCUT2D eigenvalue weighted by atomic mass is 9.83. The van der Waals surface area contributed by atoms with Gasteiger partial charge >= 0.3 is 12.4 Å². The first-order valence-corrected chi connectivity index (χ1v) is 18.0. The van der Waals surface area contributed by atoms with Crippen LogP contribution in [0.4, 0.5) is 43.9 Å². The van der Waals surface area contributed by atoms with E-state index in [9.17, 15) is 63.7 Å². The zero-order valence-corrected chi connectivity index (χ0v) is 31.5. The van der Waals surface area contributed by atoms with Crippen molar-refractivity contribution < 1.29 is 63.7 Å². The van der Waals surface area contributed by atoms with Crippen molar-refractivity contribution in [1.29, 1.82) is 0 Å². The molecule has 0 bridgehead atoms. The van der Waals surface area contributed by atoms with Gasteiger partial charge in [0.15, 0.2) is 11.6 Å². The molecule has 2 aliphatic rings. The lowest BCUT2D eigenvalue weighted by Gasteiger charge is -2.40. The molecule has 59 heavy (non-hydrogen) atoms. The number of benzene rings is 2. The Balaban J connectivity index is 0.000000256. The van der Waals surface area contributed by atoms with E-state index in [1.165, 1.54) is 33.9 Å². The fourth-order valence-electron chi connectivity index (χ4n) is 7.29.